The van der Waals surface area contributed by atoms with Gasteiger partial charge in [0.1, 0.15) is 6.54 Å². The molecule has 0 saturated carbocycles. The van der Waals surface area contributed by atoms with Crippen LogP contribution in [0.1, 0.15) is 20.3 Å². The summed E-state index contributed by atoms with van der Waals surface area (Å²) in [6.45, 7) is 2.18. The Morgan fingerprint density at radius 3 is 2.41 bits per heavy atom. The summed E-state index contributed by atoms with van der Waals surface area (Å²) in [6.07, 6.45) is -1.51. The molecule has 7 heteroatoms. The van der Waals surface area contributed by atoms with E-state index in [1.807, 2.05) is 18.5 Å². The molecule has 3 nitrogen and oxygen atoms in total. The SMILES string of the molecule is CSCCC(C)NC(C)C(=O)NCC(F)(F)F. The fourth-order valence-corrected chi connectivity index (χ4v) is 1.81. The van der Waals surface area contributed by atoms with Gasteiger partial charge in [0.2, 0.25) is 5.91 Å². The van der Waals surface area contributed by atoms with Crippen molar-refractivity contribution >= 4 is 17.7 Å². The number of nitrogens with one attached hydrogen (secondary N) is 2. The number of alkyl halides is 3. The Balaban J connectivity index is 3.89. The molecule has 2 unspecified atom stereocenters. The highest BCUT2D eigenvalue weighted by Crippen LogP contribution is 2.12. The van der Waals surface area contributed by atoms with E-state index in [4.69, 9.17) is 0 Å². The largest absolute Gasteiger partial charge is 0.405 e. The van der Waals surface area contributed by atoms with E-state index >= 15 is 0 Å². The van der Waals surface area contributed by atoms with Crippen LogP contribution < -0.4 is 10.6 Å². The van der Waals surface area contributed by atoms with Gasteiger partial charge in [-0.15, -0.1) is 0 Å². The Morgan fingerprint density at radius 1 is 1.35 bits per heavy atom. The lowest BCUT2D eigenvalue weighted by atomic mass is 10.2. The Kier molecular flexibility index (Phi) is 7.61. The van der Waals surface area contributed by atoms with E-state index in [-0.39, 0.29) is 6.04 Å². The zero-order valence-electron chi connectivity index (χ0n) is 10.2. The Hall–Kier alpha value is -0.430. The van der Waals surface area contributed by atoms with Crippen molar-refractivity contribution in [3.63, 3.8) is 0 Å². The van der Waals surface area contributed by atoms with Gasteiger partial charge in [-0.2, -0.15) is 24.9 Å². The number of rotatable bonds is 7. The maximum atomic E-state index is 11.9. The number of hydrogen-bond donors (Lipinski definition) is 2. The van der Waals surface area contributed by atoms with Gasteiger partial charge in [-0.25, -0.2) is 0 Å². The van der Waals surface area contributed by atoms with Crippen LogP contribution in [-0.4, -0.2) is 42.7 Å². The topological polar surface area (TPSA) is 41.1 Å². The first kappa shape index (κ1) is 16.6. The first-order chi connectivity index (χ1) is 7.76. The molecule has 102 valence electrons. The molecule has 0 aromatic carbocycles. The molecule has 1 amide bonds. The molecule has 0 aliphatic rings. The minimum Gasteiger partial charge on any atom is -0.346 e. The second kappa shape index (κ2) is 7.81. The van der Waals surface area contributed by atoms with Crippen LogP contribution in [0.4, 0.5) is 13.2 Å². The van der Waals surface area contributed by atoms with Gasteiger partial charge in [-0.05, 0) is 32.3 Å². The minimum atomic E-state index is -4.36. The van der Waals surface area contributed by atoms with Crippen LogP contribution in [0.25, 0.3) is 0 Å². The van der Waals surface area contributed by atoms with Crippen LogP contribution in [-0.2, 0) is 4.79 Å². The van der Waals surface area contributed by atoms with Crippen molar-refractivity contribution in [3.05, 3.63) is 0 Å². The second-order valence-corrected chi connectivity index (χ2v) is 4.89. The highest BCUT2D eigenvalue weighted by molar-refractivity contribution is 7.98. The number of halogens is 3. The van der Waals surface area contributed by atoms with Crippen molar-refractivity contribution in [3.8, 4) is 0 Å². The average Bonchev–Trinajstić information content (AvgIpc) is 2.21. The summed E-state index contributed by atoms with van der Waals surface area (Å²) < 4.78 is 35.6. The molecule has 2 atom stereocenters. The molecule has 2 N–H and O–H groups in total. The van der Waals surface area contributed by atoms with E-state index in [1.54, 1.807) is 18.7 Å². The van der Waals surface area contributed by atoms with Crippen LogP contribution >= 0.6 is 11.8 Å². The van der Waals surface area contributed by atoms with Crippen molar-refractivity contribution in [2.45, 2.75) is 38.5 Å². The third kappa shape index (κ3) is 9.29. The number of amides is 1. The molecular formula is C10H19F3N2OS. The summed E-state index contributed by atoms with van der Waals surface area (Å²) in [5, 5.41) is 4.81. The molecule has 0 aromatic heterocycles. The smallest absolute Gasteiger partial charge is 0.346 e. The maximum absolute atomic E-state index is 11.9. The summed E-state index contributed by atoms with van der Waals surface area (Å²) in [6, 6.07) is -0.511. The lowest BCUT2D eigenvalue weighted by molar-refractivity contribution is -0.139. The molecular weight excluding hydrogens is 253 g/mol. The lowest BCUT2D eigenvalue weighted by Crippen LogP contribution is -2.47. The molecule has 0 heterocycles. The molecule has 0 aromatic rings. The summed E-state index contributed by atoms with van der Waals surface area (Å²) in [5.41, 5.74) is 0. The fourth-order valence-electron chi connectivity index (χ4n) is 1.22. The van der Waals surface area contributed by atoms with Gasteiger partial charge in [-0.1, -0.05) is 0 Å². The maximum Gasteiger partial charge on any atom is 0.405 e. The van der Waals surface area contributed by atoms with Gasteiger partial charge >= 0.3 is 6.18 Å². The molecule has 0 rings (SSSR count). The van der Waals surface area contributed by atoms with Crippen molar-refractivity contribution < 1.29 is 18.0 Å². The van der Waals surface area contributed by atoms with Crippen molar-refractivity contribution in [1.82, 2.24) is 10.6 Å². The predicted molar refractivity (Wildman–Crippen MR) is 64.1 cm³/mol. The van der Waals surface area contributed by atoms with Crippen LogP contribution in [0.5, 0.6) is 0 Å². The molecule has 0 aliphatic heterocycles. The number of hydrogen-bond acceptors (Lipinski definition) is 3. The predicted octanol–water partition coefficient (Wildman–Crippen LogP) is 1.78. The number of carbonyl (C=O) groups is 1. The third-order valence-corrected chi connectivity index (χ3v) is 2.79. The van der Waals surface area contributed by atoms with Crippen molar-refractivity contribution in [2.75, 3.05) is 18.6 Å². The monoisotopic (exact) mass is 272 g/mol. The third-order valence-electron chi connectivity index (χ3n) is 2.15. The standard InChI is InChI=1S/C10H19F3N2OS/c1-7(4-5-17-3)15-8(2)9(16)14-6-10(11,12)13/h7-8,15H,4-6H2,1-3H3,(H,14,16). The van der Waals surface area contributed by atoms with Crippen LogP contribution in [0.3, 0.4) is 0 Å². The molecule has 0 spiro atoms. The van der Waals surface area contributed by atoms with Gasteiger partial charge in [0.15, 0.2) is 0 Å². The zero-order chi connectivity index (χ0) is 13.5. The highest BCUT2D eigenvalue weighted by atomic mass is 32.2. The van der Waals surface area contributed by atoms with E-state index in [1.165, 1.54) is 0 Å². The van der Waals surface area contributed by atoms with Gasteiger partial charge in [0.25, 0.3) is 0 Å². The number of thioether (sulfide) groups is 1. The molecule has 0 fully saturated rings. The Morgan fingerprint density at radius 2 is 1.94 bits per heavy atom. The van der Waals surface area contributed by atoms with Crippen LogP contribution in [0.15, 0.2) is 0 Å². The van der Waals surface area contributed by atoms with E-state index in [2.05, 4.69) is 5.32 Å². The van der Waals surface area contributed by atoms with Crippen LogP contribution in [0, 0.1) is 0 Å². The summed E-state index contributed by atoms with van der Waals surface area (Å²) >= 11 is 1.69. The Labute approximate surface area is 104 Å². The number of carbonyl (C=O) groups excluding carboxylic acids is 1. The fraction of sp³-hybridized carbons (Fsp3) is 0.900. The van der Waals surface area contributed by atoms with Crippen molar-refractivity contribution in [2.24, 2.45) is 0 Å². The van der Waals surface area contributed by atoms with E-state index in [9.17, 15) is 18.0 Å². The lowest BCUT2D eigenvalue weighted by Gasteiger charge is -2.19. The molecule has 0 bridgehead atoms. The quantitative estimate of drug-likeness (QED) is 0.742. The molecule has 0 aliphatic carbocycles. The van der Waals surface area contributed by atoms with E-state index in [0.29, 0.717) is 0 Å². The Bertz CT molecular complexity index is 236. The van der Waals surface area contributed by atoms with Gasteiger partial charge in [-0.3, -0.25) is 4.79 Å². The first-order valence-corrected chi connectivity index (χ1v) is 6.75. The molecule has 0 radical (unpaired) electrons. The minimum absolute atomic E-state index is 0.106. The molecule has 0 saturated heterocycles. The van der Waals surface area contributed by atoms with Crippen LogP contribution in [0.2, 0.25) is 0 Å². The van der Waals surface area contributed by atoms with Gasteiger partial charge < -0.3 is 10.6 Å². The second-order valence-electron chi connectivity index (χ2n) is 3.90. The summed E-state index contributed by atoms with van der Waals surface area (Å²) in [7, 11) is 0. The molecule has 17 heavy (non-hydrogen) atoms. The normalized spacial score (nSPS) is 15.4. The van der Waals surface area contributed by atoms with Gasteiger partial charge in [0.05, 0.1) is 6.04 Å². The van der Waals surface area contributed by atoms with E-state index < -0.39 is 24.7 Å². The first-order valence-electron chi connectivity index (χ1n) is 5.35. The summed E-state index contributed by atoms with van der Waals surface area (Å²) in [5.74, 6) is 0.323. The average molecular weight is 272 g/mol. The van der Waals surface area contributed by atoms with E-state index in [0.717, 1.165) is 12.2 Å². The van der Waals surface area contributed by atoms with Gasteiger partial charge in [0, 0.05) is 6.04 Å². The highest BCUT2D eigenvalue weighted by Gasteiger charge is 2.28. The zero-order valence-corrected chi connectivity index (χ0v) is 11.0. The van der Waals surface area contributed by atoms with Crippen molar-refractivity contribution in [1.29, 1.82) is 0 Å². The summed E-state index contributed by atoms with van der Waals surface area (Å²) in [4.78, 5) is 11.3.